The Labute approximate surface area is 224 Å². The number of unbranched alkanes of at least 4 members (excludes halogenated alkanes) is 1. The van der Waals surface area contributed by atoms with Gasteiger partial charge in [-0.25, -0.2) is 4.68 Å². The Morgan fingerprint density at radius 3 is 2.29 bits per heavy atom. The van der Waals surface area contributed by atoms with Gasteiger partial charge in [0.1, 0.15) is 18.1 Å². The molecule has 0 radical (unpaired) electrons. The van der Waals surface area contributed by atoms with E-state index in [1.165, 1.54) is 0 Å². The number of anilines is 1. The van der Waals surface area contributed by atoms with Gasteiger partial charge in [0, 0.05) is 17.7 Å². The first-order valence-corrected chi connectivity index (χ1v) is 12.9. The Morgan fingerprint density at radius 2 is 1.63 bits per heavy atom. The van der Waals surface area contributed by atoms with Crippen molar-refractivity contribution in [2.75, 3.05) is 25.5 Å². The van der Waals surface area contributed by atoms with Crippen LogP contribution < -0.4 is 10.1 Å². The van der Waals surface area contributed by atoms with E-state index in [0.717, 1.165) is 46.7 Å². The highest BCUT2D eigenvalue weighted by Gasteiger charge is 2.24. The molecule has 0 spiro atoms. The number of aryl methyl sites for hydroxylation is 2. The highest BCUT2D eigenvalue weighted by Crippen LogP contribution is 2.33. The minimum atomic E-state index is -0.283. The molecule has 0 bridgehead atoms. The number of methoxy groups -OCH3 is 1. The number of hydrogen-bond donors (Lipinski definition) is 1. The van der Waals surface area contributed by atoms with Crippen molar-refractivity contribution in [1.82, 2.24) is 14.7 Å². The molecule has 4 rings (SSSR count). The molecule has 196 valence electrons. The number of rotatable bonds is 10. The van der Waals surface area contributed by atoms with E-state index in [-0.39, 0.29) is 18.4 Å². The summed E-state index contributed by atoms with van der Waals surface area (Å²) in [5.41, 5.74) is 4.84. The van der Waals surface area contributed by atoms with Crippen LogP contribution in [0.2, 0.25) is 0 Å². The lowest BCUT2D eigenvalue weighted by molar-refractivity contribution is -0.116. The third-order valence-corrected chi connectivity index (χ3v) is 6.48. The van der Waals surface area contributed by atoms with E-state index in [2.05, 4.69) is 12.2 Å². The number of benzene rings is 3. The zero-order valence-electron chi connectivity index (χ0n) is 22.4. The molecule has 38 heavy (non-hydrogen) atoms. The Hall–Kier alpha value is -4.39. The lowest BCUT2D eigenvalue weighted by Crippen LogP contribution is -2.39. The first kappa shape index (κ1) is 26.7. The molecule has 3 aromatic carbocycles. The smallest absolute Gasteiger partial charge is 0.254 e. The maximum atomic E-state index is 13.5. The molecule has 1 N–H and O–H groups in total. The standard InChI is InChI=1S/C31H34N4O3/c1-5-6-20-34(31(37)27-15-11-10-12-22(27)2)21-28(36)32-30-29(24-13-8-7-9-14-24)23(3)33-35(30)25-16-18-26(38-4)19-17-25/h7-19H,5-6,20-21H2,1-4H3,(H,32,36). The number of amides is 2. The van der Waals surface area contributed by atoms with Gasteiger partial charge in [-0.15, -0.1) is 0 Å². The molecule has 7 heteroatoms. The van der Waals surface area contributed by atoms with Crippen LogP contribution >= 0.6 is 0 Å². The number of hydrogen-bond acceptors (Lipinski definition) is 4. The monoisotopic (exact) mass is 510 g/mol. The van der Waals surface area contributed by atoms with Gasteiger partial charge >= 0.3 is 0 Å². The summed E-state index contributed by atoms with van der Waals surface area (Å²) in [5.74, 6) is 0.861. The van der Waals surface area contributed by atoms with Crippen molar-refractivity contribution in [3.05, 3.63) is 95.7 Å². The Kier molecular flexibility index (Phi) is 8.58. The lowest BCUT2D eigenvalue weighted by Gasteiger charge is -2.23. The van der Waals surface area contributed by atoms with E-state index in [4.69, 9.17) is 9.84 Å². The molecule has 0 fully saturated rings. The maximum absolute atomic E-state index is 13.5. The second-order valence-electron chi connectivity index (χ2n) is 9.23. The summed E-state index contributed by atoms with van der Waals surface area (Å²) < 4.78 is 7.04. The number of aromatic nitrogens is 2. The second-order valence-corrected chi connectivity index (χ2v) is 9.23. The van der Waals surface area contributed by atoms with Gasteiger partial charge in [-0.05, 0) is 61.7 Å². The van der Waals surface area contributed by atoms with Crippen LogP contribution in [0.3, 0.4) is 0 Å². The van der Waals surface area contributed by atoms with Crippen LogP contribution in [0, 0.1) is 13.8 Å². The van der Waals surface area contributed by atoms with Crippen LogP contribution in [0.1, 0.15) is 41.4 Å². The van der Waals surface area contributed by atoms with E-state index < -0.39 is 0 Å². The molecule has 0 saturated heterocycles. The van der Waals surface area contributed by atoms with Crippen molar-refractivity contribution in [1.29, 1.82) is 0 Å². The third-order valence-electron chi connectivity index (χ3n) is 6.48. The zero-order valence-corrected chi connectivity index (χ0v) is 22.4. The summed E-state index contributed by atoms with van der Waals surface area (Å²) in [6.45, 7) is 6.34. The predicted octanol–water partition coefficient (Wildman–Crippen LogP) is 6.05. The fourth-order valence-corrected chi connectivity index (χ4v) is 4.43. The lowest BCUT2D eigenvalue weighted by atomic mass is 10.1. The predicted molar refractivity (Wildman–Crippen MR) is 151 cm³/mol. The molecule has 0 unspecified atom stereocenters. The molecule has 0 aliphatic carbocycles. The van der Waals surface area contributed by atoms with Gasteiger partial charge in [0.05, 0.1) is 18.5 Å². The van der Waals surface area contributed by atoms with E-state index in [1.807, 2.05) is 92.7 Å². The van der Waals surface area contributed by atoms with E-state index in [1.54, 1.807) is 16.7 Å². The molecule has 0 aliphatic heterocycles. The largest absolute Gasteiger partial charge is 0.497 e. The molecule has 2 amide bonds. The van der Waals surface area contributed by atoms with Gasteiger partial charge in [0.25, 0.3) is 5.91 Å². The summed E-state index contributed by atoms with van der Waals surface area (Å²) in [7, 11) is 1.62. The summed E-state index contributed by atoms with van der Waals surface area (Å²) >= 11 is 0. The van der Waals surface area contributed by atoms with Gasteiger partial charge in [-0.3, -0.25) is 9.59 Å². The van der Waals surface area contributed by atoms with Crippen molar-refractivity contribution in [2.45, 2.75) is 33.6 Å². The fourth-order valence-electron chi connectivity index (χ4n) is 4.43. The molecule has 0 saturated carbocycles. The van der Waals surface area contributed by atoms with Crippen molar-refractivity contribution in [2.24, 2.45) is 0 Å². The number of carbonyl (C=O) groups is 2. The average Bonchev–Trinajstić information content (AvgIpc) is 3.26. The minimum Gasteiger partial charge on any atom is -0.497 e. The second kappa shape index (κ2) is 12.2. The third kappa shape index (κ3) is 5.94. The summed E-state index contributed by atoms with van der Waals surface area (Å²) in [5, 5.41) is 7.86. The number of nitrogens with one attached hydrogen (secondary N) is 1. The summed E-state index contributed by atoms with van der Waals surface area (Å²) in [6, 6.07) is 24.8. The van der Waals surface area contributed by atoms with Gasteiger partial charge in [-0.1, -0.05) is 61.9 Å². The highest BCUT2D eigenvalue weighted by molar-refractivity contribution is 6.01. The molecule has 7 nitrogen and oxygen atoms in total. The first-order valence-electron chi connectivity index (χ1n) is 12.9. The topological polar surface area (TPSA) is 76.5 Å². The van der Waals surface area contributed by atoms with Crippen molar-refractivity contribution < 1.29 is 14.3 Å². The van der Waals surface area contributed by atoms with Crippen LogP contribution in [-0.2, 0) is 4.79 Å². The van der Waals surface area contributed by atoms with Gasteiger partial charge < -0.3 is 15.0 Å². The van der Waals surface area contributed by atoms with Gasteiger partial charge in [0.2, 0.25) is 5.91 Å². The summed E-state index contributed by atoms with van der Waals surface area (Å²) in [6.07, 6.45) is 1.73. The van der Waals surface area contributed by atoms with Crippen LogP contribution in [0.25, 0.3) is 16.8 Å². The Bertz CT molecular complexity index is 1390. The molecular formula is C31H34N4O3. The van der Waals surface area contributed by atoms with Crippen LogP contribution in [0.4, 0.5) is 5.82 Å². The number of carbonyl (C=O) groups excluding carboxylic acids is 2. The fraction of sp³-hybridized carbons (Fsp3) is 0.258. The molecule has 0 atom stereocenters. The van der Waals surface area contributed by atoms with Gasteiger partial charge in [-0.2, -0.15) is 5.10 Å². The van der Waals surface area contributed by atoms with Crippen LogP contribution in [0.15, 0.2) is 78.9 Å². The van der Waals surface area contributed by atoms with E-state index in [0.29, 0.717) is 17.9 Å². The number of ether oxygens (including phenoxy) is 1. The molecule has 4 aromatic rings. The molecular weight excluding hydrogens is 476 g/mol. The van der Waals surface area contributed by atoms with Gasteiger partial charge in [0.15, 0.2) is 0 Å². The van der Waals surface area contributed by atoms with E-state index >= 15 is 0 Å². The van der Waals surface area contributed by atoms with E-state index in [9.17, 15) is 9.59 Å². The van der Waals surface area contributed by atoms with Crippen molar-refractivity contribution >= 4 is 17.6 Å². The molecule has 1 aromatic heterocycles. The molecule has 1 heterocycles. The first-order chi connectivity index (χ1) is 18.4. The van der Waals surface area contributed by atoms with Crippen molar-refractivity contribution in [3.8, 4) is 22.6 Å². The summed E-state index contributed by atoms with van der Waals surface area (Å²) in [4.78, 5) is 28.6. The normalized spacial score (nSPS) is 10.7. The molecule has 0 aliphatic rings. The van der Waals surface area contributed by atoms with Crippen LogP contribution in [0.5, 0.6) is 5.75 Å². The quantitative estimate of drug-likeness (QED) is 0.282. The minimum absolute atomic E-state index is 0.0613. The Morgan fingerprint density at radius 1 is 0.947 bits per heavy atom. The van der Waals surface area contributed by atoms with Crippen LogP contribution in [-0.4, -0.2) is 46.7 Å². The highest BCUT2D eigenvalue weighted by atomic mass is 16.5. The Balaban J connectivity index is 1.68. The van der Waals surface area contributed by atoms with Crippen molar-refractivity contribution in [3.63, 3.8) is 0 Å². The zero-order chi connectivity index (χ0) is 27.1. The average molecular weight is 511 g/mol. The SMILES string of the molecule is CCCCN(CC(=O)Nc1c(-c2ccccc2)c(C)nn1-c1ccc(OC)cc1)C(=O)c1ccccc1C. The number of nitrogens with zero attached hydrogens (tertiary/aromatic N) is 3. The maximum Gasteiger partial charge on any atom is 0.254 e.